The first-order chi connectivity index (χ1) is 14.8. The molecule has 10 nitrogen and oxygen atoms in total. The SMILES string of the molecule is COc1ccc(Cl)cc1-c1nc(SCc2nnnn2-c2ccc(S(C)(=O)=O)cc2)n[nH]1. The third-order valence-electron chi connectivity index (χ3n) is 4.26. The molecule has 0 aliphatic carbocycles. The number of benzene rings is 2. The highest BCUT2D eigenvalue weighted by Gasteiger charge is 2.15. The van der Waals surface area contributed by atoms with Gasteiger partial charge in [-0.2, -0.15) is 4.68 Å². The zero-order valence-electron chi connectivity index (χ0n) is 16.4. The summed E-state index contributed by atoms with van der Waals surface area (Å²) in [4.78, 5) is 4.71. The van der Waals surface area contributed by atoms with Gasteiger partial charge >= 0.3 is 0 Å². The number of aromatic nitrogens is 7. The van der Waals surface area contributed by atoms with Crippen LogP contribution in [0.15, 0.2) is 52.5 Å². The lowest BCUT2D eigenvalue weighted by atomic mass is 10.2. The van der Waals surface area contributed by atoms with Gasteiger partial charge in [-0.15, -0.1) is 10.2 Å². The summed E-state index contributed by atoms with van der Waals surface area (Å²) >= 11 is 7.43. The van der Waals surface area contributed by atoms with Gasteiger partial charge in [-0.1, -0.05) is 23.4 Å². The molecule has 0 bridgehead atoms. The minimum absolute atomic E-state index is 0.227. The van der Waals surface area contributed by atoms with E-state index in [0.717, 1.165) is 6.26 Å². The van der Waals surface area contributed by atoms with Crippen molar-refractivity contribution in [2.24, 2.45) is 0 Å². The molecular formula is C18H16ClN7O3S2. The van der Waals surface area contributed by atoms with Crippen LogP contribution in [0.3, 0.4) is 0 Å². The molecule has 4 rings (SSSR count). The first-order valence-corrected chi connectivity index (χ1v) is 12.1. The van der Waals surface area contributed by atoms with E-state index >= 15 is 0 Å². The monoisotopic (exact) mass is 477 g/mol. The predicted octanol–water partition coefficient (Wildman–Crippen LogP) is 2.81. The van der Waals surface area contributed by atoms with Gasteiger partial charge in [0.25, 0.3) is 0 Å². The third kappa shape index (κ3) is 4.70. The number of sulfone groups is 1. The Morgan fingerprint density at radius 1 is 1.19 bits per heavy atom. The molecule has 0 saturated carbocycles. The first-order valence-electron chi connectivity index (χ1n) is 8.82. The number of nitrogens with one attached hydrogen (secondary N) is 1. The fraction of sp³-hybridized carbons (Fsp3) is 0.167. The molecule has 1 N–H and O–H groups in total. The molecule has 2 aromatic heterocycles. The molecule has 0 unspecified atom stereocenters. The number of hydrogen-bond donors (Lipinski definition) is 1. The predicted molar refractivity (Wildman–Crippen MR) is 115 cm³/mol. The maximum absolute atomic E-state index is 11.6. The molecule has 160 valence electrons. The van der Waals surface area contributed by atoms with Crippen molar-refractivity contribution in [3.05, 3.63) is 53.3 Å². The number of hydrogen-bond acceptors (Lipinski definition) is 9. The zero-order valence-corrected chi connectivity index (χ0v) is 18.7. The van der Waals surface area contributed by atoms with Gasteiger partial charge < -0.3 is 4.74 Å². The maximum atomic E-state index is 11.6. The Bertz CT molecular complexity index is 1320. The maximum Gasteiger partial charge on any atom is 0.209 e. The normalized spacial score (nSPS) is 11.6. The molecule has 31 heavy (non-hydrogen) atoms. The average Bonchev–Trinajstić information content (AvgIpc) is 3.41. The summed E-state index contributed by atoms with van der Waals surface area (Å²) in [5.74, 6) is 2.10. The lowest BCUT2D eigenvalue weighted by Crippen LogP contribution is -2.03. The molecule has 0 amide bonds. The van der Waals surface area contributed by atoms with Gasteiger partial charge in [-0.05, 0) is 52.9 Å². The molecule has 0 radical (unpaired) electrons. The fourth-order valence-corrected chi connectivity index (χ4v) is 4.26. The van der Waals surface area contributed by atoms with Crippen molar-refractivity contribution in [2.45, 2.75) is 15.8 Å². The average molecular weight is 478 g/mol. The highest BCUT2D eigenvalue weighted by Crippen LogP contribution is 2.31. The number of thioether (sulfide) groups is 1. The number of nitrogens with zero attached hydrogens (tertiary/aromatic N) is 6. The molecule has 4 aromatic rings. The summed E-state index contributed by atoms with van der Waals surface area (Å²) in [7, 11) is -1.70. The van der Waals surface area contributed by atoms with Crippen molar-refractivity contribution in [2.75, 3.05) is 13.4 Å². The summed E-state index contributed by atoms with van der Waals surface area (Å²) in [6, 6.07) is 11.6. The van der Waals surface area contributed by atoms with Crippen molar-refractivity contribution in [1.82, 2.24) is 35.4 Å². The van der Waals surface area contributed by atoms with Crippen molar-refractivity contribution in [1.29, 1.82) is 0 Å². The van der Waals surface area contributed by atoms with Crippen molar-refractivity contribution in [3.8, 4) is 22.8 Å². The van der Waals surface area contributed by atoms with E-state index in [1.165, 1.54) is 28.6 Å². The number of aromatic amines is 1. The van der Waals surface area contributed by atoms with Crippen LogP contribution in [0.5, 0.6) is 5.75 Å². The minimum atomic E-state index is -3.28. The van der Waals surface area contributed by atoms with Crippen LogP contribution in [0.4, 0.5) is 0 Å². The van der Waals surface area contributed by atoms with Crippen LogP contribution in [0.25, 0.3) is 17.1 Å². The van der Waals surface area contributed by atoms with Crippen LogP contribution < -0.4 is 4.74 Å². The van der Waals surface area contributed by atoms with E-state index in [9.17, 15) is 8.42 Å². The molecule has 2 aromatic carbocycles. The molecule has 0 atom stereocenters. The van der Waals surface area contributed by atoms with E-state index < -0.39 is 9.84 Å². The van der Waals surface area contributed by atoms with E-state index in [-0.39, 0.29) is 4.90 Å². The first kappa shape index (κ1) is 21.3. The van der Waals surface area contributed by atoms with Gasteiger partial charge in [-0.25, -0.2) is 13.4 Å². The standard InChI is InChI=1S/C18H16ClN7O3S2/c1-29-15-8-3-11(19)9-14(15)17-20-18(23-22-17)30-10-16-21-24-25-26(16)12-4-6-13(7-5-12)31(2,27)28/h3-9H,10H2,1-2H3,(H,20,22,23). The molecule has 0 spiro atoms. The summed E-state index contributed by atoms with van der Waals surface area (Å²) in [6.45, 7) is 0. The molecule has 0 saturated heterocycles. The Morgan fingerprint density at radius 3 is 2.68 bits per heavy atom. The summed E-state index contributed by atoms with van der Waals surface area (Å²) in [5, 5.41) is 19.9. The van der Waals surface area contributed by atoms with Gasteiger partial charge in [-0.3, -0.25) is 5.10 Å². The Balaban J connectivity index is 1.51. The number of tetrazole rings is 1. The van der Waals surface area contributed by atoms with Gasteiger partial charge in [0.2, 0.25) is 5.16 Å². The summed E-state index contributed by atoms with van der Waals surface area (Å²) in [6.07, 6.45) is 1.16. The molecule has 13 heteroatoms. The Labute approximate surface area is 186 Å². The van der Waals surface area contributed by atoms with E-state index in [1.54, 1.807) is 37.4 Å². The van der Waals surface area contributed by atoms with Crippen LogP contribution in [-0.2, 0) is 15.6 Å². The quantitative estimate of drug-likeness (QED) is 0.399. The molecule has 0 aliphatic heterocycles. The highest BCUT2D eigenvalue weighted by atomic mass is 35.5. The number of methoxy groups -OCH3 is 1. The topological polar surface area (TPSA) is 129 Å². The van der Waals surface area contributed by atoms with Crippen molar-refractivity contribution in [3.63, 3.8) is 0 Å². The summed E-state index contributed by atoms with van der Waals surface area (Å²) in [5.41, 5.74) is 1.34. The number of rotatable bonds is 7. The largest absolute Gasteiger partial charge is 0.496 e. The Kier molecular flexibility index (Phi) is 5.94. The zero-order chi connectivity index (χ0) is 22.0. The van der Waals surface area contributed by atoms with E-state index in [0.29, 0.717) is 44.6 Å². The van der Waals surface area contributed by atoms with Crippen molar-refractivity contribution >= 4 is 33.2 Å². The number of ether oxygens (including phenoxy) is 1. The minimum Gasteiger partial charge on any atom is -0.496 e. The van der Waals surface area contributed by atoms with Crippen LogP contribution >= 0.6 is 23.4 Å². The van der Waals surface area contributed by atoms with Gasteiger partial charge in [0.15, 0.2) is 21.5 Å². The molecule has 0 aliphatic rings. The fourth-order valence-electron chi connectivity index (χ4n) is 2.76. The Morgan fingerprint density at radius 2 is 1.97 bits per heavy atom. The van der Waals surface area contributed by atoms with Gasteiger partial charge in [0.1, 0.15) is 5.75 Å². The molecule has 2 heterocycles. The second kappa shape index (κ2) is 8.65. The molecular weight excluding hydrogens is 462 g/mol. The van der Waals surface area contributed by atoms with Crippen LogP contribution in [0, 0.1) is 0 Å². The van der Waals surface area contributed by atoms with Gasteiger partial charge in [0.05, 0.1) is 29.0 Å². The second-order valence-electron chi connectivity index (χ2n) is 6.37. The lowest BCUT2D eigenvalue weighted by molar-refractivity contribution is 0.416. The number of H-pyrrole nitrogens is 1. The van der Waals surface area contributed by atoms with E-state index in [2.05, 4.69) is 30.7 Å². The highest BCUT2D eigenvalue weighted by molar-refractivity contribution is 7.98. The lowest BCUT2D eigenvalue weighted by Gasteiger charge is -2.05. The second-order valence-corrected chi connectivity index (χ2v) is 9.77. The Hall–Kier alpha value is -2.96. The van der Waals surface area contributed by atoms with E-state index in [4.69, 9.17) is 16.3 Å². The third-order valence-corrected chi connectivity index (χ3v) is 6.46. The molecule has 0 fully saturated rings. The van der Waals surface area contributed by atoms with Gasteiger partial charge in [0, 0.05) is 11.3 Å². The number of halogens is 1. The van der Waals surface area contributed by atoms with Crippen LogP contribution in [0.1, 0.15) is 5.82 Å². The van der Waals surface area contributed by atoms with Crippen LogP contribution in [0.2, 0.25) is 5.02 Å². The van der Waals surface area contributed by atoms with Crippen LogP contribution in [-0.4, -0.2) is 57.2 Å². The smallest absolute Gasteiger partial charge is 0.209 e. The van der Waals surface area contributed by atoms with E-state index in [1.807, 2.05) is 0 Å². The summed E-state index contributed by atoms with van der Waals surface area (Å²) < 4.78 is 30.2. The van der Waals surface area contributed by atoms with Crippen molar-refractivity contribution < 1.29 is 13.2 Å².